The SMILES string of the molecule is CCCCSc1nnc(CNC(=O)c2cccc(OC)c2)n1-c1ccc(F)cc1. The van der Waals surface area contributed by atoms with Gasteiger partial charge >= 0.3 is 0 Å². The maximum absolute atomic E-state index is 13.4. The van der Waals surface area contributed by atoms with Gasteiger partial charge in [-0.25, -0.2) is 4.39 Å². The van der Waals surface area contributed by atoms with Crippen molar-refractivity contribution in [2.45, 2.75) is 31.5 Å². The number of methoxy groups -OCH3 is 1. The van der Waals surface area contributed by atoms with Gasteiger partial charge in [0.15, 0.2) is 11.0 Å². The van der Waals surface area contributed by atoms with Gasteiger partial charge in [0.1, 0.15) is 11.6 Å². The quantitative estimate of drug-likeness (QED) is 0.419. The van der Waals surface area contributed by atoms with Crippen LogP contribution in [0.4, 0.5) is 4.39 Å². The molecule has 1 amide bonds. The Morgan fingerprint density at radius 1 is 1.21 bits per heavy atom. The molecule has 0 aliphatic rings. The molecule has 0 fully saturated rings. The highest BCUT2D eigenvalue weighted by Gasteiger charge is 2.16. The number of unbranched alkanes of at least 4 members (excludes halogenated alkanes) is 1. The molecule has 1 aromatic heterocycles. The fourth-order valence-electron chi connectivity index (χ4n) is 2.69. The van der Waals surface area contributed by atoms with Crippen molar-refractivity contribution < 1.29 is 13.9 Å². The number of thioether (sulfide) groups is 1. The lowest BCUT2D eigenvalue weighted by atomic mass is 10.2. The largest absolute Gasteiger partial charge is 0.497 e. The van der Waals surface area contributed by atoms with Crippen LogP contribution >= 0.6 is 11.8 Å². The van der Waals surface area contributed by atoms with Crippen molar-refractivity contribution in [3.8, 4) is 11.4 Å². The summed E-state index contributed by atoms with van der Waals surface area (Å²) in [4.78, 5) is 12.5. The molecule has 0 spiro atoms. The van der Waals surface area contributed by atoms with E-state index >= 15 is 0 Å². The molecule has 0 saturated heterocycles. The predicted octanol–water partition coefficient (Wildman–Crippen LogP) is 4.24. The number of nitrogens with one attached hydrogen (secondary N) is 1. The van der Waals surface area contributed by atoms with Crippen molar-refractivity contribution in [1.29, 1.82) is 0 Å². The van der Waals surface area contributed by atoms with Crippen LogP contribution in [0.5, 0.6) is 5.75 Å². The lowest BCUT2D eigenvalue weighted by molar-refractivity contribution is 0.0949. The van der Waals surface area contributed by atoms with Gasteiger partial charge in [0.05, 0.1) is 13.7 Å². The molecule has 6 nitrogen and oxygen atoms in total. The first-order valence-corrected chi connectivity index (χ1v) is 10.4. The molecule has 0 aliphatic heterocycles. The van der Waals surface area contributed by atoms with Crippen molar-refractivity contribution in [3.05, 3.63) is 65.7 Å². The first-order chi connectivity index (χ1) is 14.1. The summed E-state index contributed by atoms with van der Waals surface area (Å²) in [6.07, 6.45) is 2.14. The van der Waals surface area contributed by atoms with E-state index in [9.17, 15) is 9.18 Å². The highest BCUT2D eigenvalue weighted by atomic mass is 32.2. The third-order valence-corrected chi connectivity index (χ3v) is 5.27. The van der Waals surface area contributed by atoms with Crippen LogP contribution in [-0.4, -0.2) is 33.5 Å². The number of nitrogens with zero attached hydrogens (tertiary/aromatic N) is 3. The molecule has 3 rings (SSSR count). The minimum Gasteiger partial charge on any atom is -0.497 e. The van der Waals surface area contributed by atoms with Crippen LogP contribution in [0.2, 0.25) is 0 Å². The molecule has 0 bridgehead atoms. The maximum Gasteiger partial charge on any atom is 0.251 e. The smallest absolute Gasteiger partial charge is 0.251 e. The molecule has 1 N–H and O–H groups in total. The van der Waals surface area contributed by atoms with Crippen molar-refractivity contribution in [2.24, 2.45) is 0 Å². The van der Waals surface area contributed by atoms with Gasteiger partial charge in [-0.2, -0.15) is 0 Å². The van der Waals surface area contributed by atoms with E-state index in [-0.39, 0.29) is 18.3 Å². The monoisotopic (exact) mass is 414 g/mol. The molecule has 0 aliphatic carbocycles. The number of hydrogen-bond donors (Lipinski definition) is 1. The third kappa shape index (κ3) is 5.35. The fourth-order valence-corrected chi connectivity index (χ4v) is 3.75. The number of halogens is 1. The van der Waals surface area contributed by atoms with Gasteiger partial charge in [0.2, 0.25) is 0 Å². The summed E-state index contributed by atoms with van der Waals surface area (Å²) in [6.45, 7) is 2.32. The van der Waals surface area contributed by atoms with Crippen LogP contribution in [0.1, 0.15) is 35.9 Å². The summed E-state index contributed by atoms with van der Waals surface area (Å²) in [6, 6.07) is 13.1. The van der Waals surface area contributed by atoms with E-state index in [4.69, 9.17) is 4.74 Å². The minimum atomic E-state index is -0.310. The molecule has 3 aromatic rings. The molecule has 2 aromatic carbocycles. The third-order valence-electron chi connectivity index (χ3n) is 4.25. The highest BCUT2D eigenvalue weighted by Crippen LogP contribution is 2.23. The van der Waals surface area contributed by atoms with E-state index in [1.54, 1.807) is 55.3 Å². The molecule has 152 valence electrons. The number of aromatic nitrogens is 3. The van der Waals surface area contributed by atoms with E-state index < -0.39 is 0 Å². The Bertz CT molecular complexity index is 960. The molecule has 8 heteroatoms. The van der Waals surface area contributed by atoms with Crippen LogP contribution in [0, 0.1) is 5.82 Å². The lowest BCUT2D eigenvalue weighted by Gasteiger charge is -2.11. The molecule has 0 atom stereocenters. The van der Waals surface area contributed by atoms with Crippen LogP contribution in [-0.2, 0) is 6.54 Å². The van der Waals surface area contributed by atoms with Crippen molar-refractivity contribution in [1.82, 2.24) is 20.1 Å². The molecule has 0 saturated carbocycles. The summed E-state index contributed by atoms with van der Waals surface area (Å²) in [5, 5.41) is 12.1. The second kappa shape index (κ2) is 10.1. The number of hydrogen-bond acceptors (Lipinski definition) is 5. The zero-order chi connectivity index (χ0) is 20.6. The lowest BCUT2D eigenvalue weighted by Crippen LogP contribution is -2.24. The van der Waals surface area contributed by atoms with Crippen LogP contribution < -0.4 is 10.1 Å². The highest BCUT2D eigenvalue weighted by molar-refractivity contribution is 7.99. The molecule has 0 unspecified atom stereocenters. The zero-order valence-corrected chi connectivity index (χ0v) is 17.2. The van der Waals surface area contributed by atoms with Crippen molar-refractivity contribution >= 4 is 17.7 Å². The topological polar surface area (TPSA) is 69.0 Å². The number of ether oxygens (including phenoxy) is 1. The van der Waals surface area contributed by atoms with Gasteiger partial charge in [-0.15, -0.1) is 10.2 Å². The van der Waals surface area contributed by atoms with Gasteiger partial charge in [-0.05, 0) is 48.9 Å². The Labute approximate surface area is 173 Å². The number of carbonyl (C=O) groups excluding carboxylic acids is 1. The molecule has 29 heavy (non-hydrogen) atoms. The molecular weight excluding hydrogens is 391 g/mol. The van der Waals surface area contributed by atoms with Gasteiger partial charge in [-0.3, -0.25) is 9.36 Å². The van der Waals surface area contributed by atoms with Gasteiger partial charge < -0.3 is 10.1 Å². The Morgan fingerprint density at radius 2 is 2.00 bits per heavy atom. The van der Waals surface area contributed by atoms with Gasteiger partial charge in [0, 0.05) is 17.0 Å². The Balaban J connectivity index is 1.80. The molecular formula is C21H23FN4O2S. The van der Waals surface area contributed by atoms with Crippen LogP contribution in [0.25, 0.3) is 5.69 Å². The van der Waals surface area contributed by atoms with E-state index in [0.717, 1.165) is 29.4 Å². The van der Waals surface area contributed by atoms with Crippen molar-refractivity contribution in [3.63, 3.8) is 0 Å². The predicted molar refractivity (Wildman–Crippen MR) is 111 cm³/mol. The Hall–Kier alpha value is -2.87. The average molecular weight is 415 g/mol. The normalized spacial score (nSPS) is 10.7. The van der Waals surface area contributed by atoms with Gasteiger partial charge in [-0.1, -0.05) is 31.2 Å². The van der Waals surface area contributed by atoms with E-state index in [1.807, 2.05) is 4.57 Å². The average Bonchev–Trinajstić information content (AvgIpc) is 3.15. The van der Waals surface area contributed by atoms with E-state index in [0.29, 0.717) is 17.1 Å². The number of rotatable bonds is 9. The second-order valence-electron chi connectivity index (χ2n) is 6.33. The fraction of sp³-hybridized carbons (Fsp3) is 0.286. The standard InChI is InChI=1S/C21H23FN4O2S/c1-3-4-12-29-21-25-24-19(26(21)17-10-8-16(22)9-11-17)14-23-20(27)15-6-5-7-18(13-15)28-2/h5-11,13H,3-4,12,14H2,1-2H3,(H,23,27). The number of benzene rings is 2. The summed E-state index contributed by atoms with van der Waals surface area (Å²) >= 11 is 1.59. The minimum absolute atomic E-state index is 0.189. The number of carbonyl (C=O) groups is 1. The maximum atomic E-state index is 13.4. The summed E-state index contributed by atoms with van der Waals surface area (Å²) in [5.74, 6) is 1.55. The molecule has 1 heterocycles. The summed E-state index contributed by atoms with van der Waals surface area (Å²) in [5.41, 5.74) is 1.25. The molecule has 0 radical (unpaired) electrons. The van der Waals surface area contributed by atoms with E-state index in [2.05, 4.69) is 22.4 Å². The second-order valence-corrected chi connectivity index (χ2v) is 7.39. The summed E-state index contributed by atoms with van der Waals surface area (Å²) in [7, 11) is 1.56. The van der Waals surface area contributed by atoms with Gasteiger partial charge in [0.25, 0.3) is 5.91 Å². The van der Waals surface area contributed by atoms with Crippen LogP contribution in [0.3, 0.4) is 0 Å². The first kappa shape index (κ1) is 20.9. The van der Waals surface area contributed by atoms with Crippen molar-refractivity contribution in [2.75, 3.05) is 12.9 Å². The first-order valence-electron chi connectivity index (χ1n) is 9.37. The Morgan fingerprint density at radius 3 is 2.72 bits per heavy atom. The van der Waals surface area contributed by atoms with E-state index in [1.165, 1.54) is 12.1 Å². The zero-order valence-electron chi connectivity index (χ0n) is 16.4. The Kier molecular flexibility index (Phi) is 7.24. The number of amides is 1. The summed E-state index contributed by atoms with van der Waals surface area (Å²) < 4.78 is 20.4. The van der Waals surface area contributed by atoms with Crippen LogP contribution in [0.15, 0.2) is 53.7 Å².